The van der Waals surface area contributed by atoms with Crippen LogP contribution < -0.4 is 20.1 Å². The van der Waals surface area contributed by atoms with Gasteiger partial charge in [0.05, 0.1) is 12.7 Å². The Labute approximate surface area is 180 Å². The first-order valence-electron chi connectivity index (χ1n) is 9.68. The van der Waals surface area contributed by atoms with Crippen molar-refractivity contribution in [2.24, 2.45) is 0 Å². The summed E-state index contributed by atoms with van der Waals surface area (Å²) in [6, 6.07) is 19.4. The Morgan fingerprint density at radius 2 is 1.61 bits per heavy atom. The molecular formula is C24H24N2O5. The van der Waals surface area contributed by atoms with E-state index in [1.54, 1.807) is 18.2 Å². The van der Waals surface area contributed by atoms with E-state index in [4.69, 9.17) is 14.6 Å². The summed E-state index contributed by atoms with van der Waals surface area (Å²) >= 11 is 0. The first-order chi connectivity index (χ1) is 15.0. The SMILES string of the molecule is COc1cccc(CNc2ccc(C(=O)O)cc2)c1OCC(=O)Nc1ccc(C)cc1. The molecule has 160 valence electrons. The number of ether oxygens (including phenoxy) is 2. The van der Waals surface area contributed by atoms with Crippen LogP contribution in [0, 0.1) is 6.92 Å². The number of amides is 1. The van der Waals surface area contributed by atoms with Gasteiger partial charge in [0.25, 0.3) is 5.91 Å². The van der Waals surface area contributed by atoms with Crippen LogP contribution in [0.5, 0.6) is 11.5 Å². The van der Waals surface area contributed by atoms with E-state index in [0.29, 0.717) is 23.7 Å². The van der Waals surface area contributed by atoms with E-state index < -0.39 is 5.97 Å². The lowest BCUT2D eigenvalue weighted by molar-refractivity contribution is -0.118. The summed E-state index contributed by atoms with van der Waals surface area (Å²) in [4.78, 5) is 23.3. The zero-order valence-corrected chi connectivity index (χ0v) is 17.3. The summed E-state index contributed by atoms with van der Waals surface area (Å²) in [7, 11) is 1.54. The van der Waals surface area contributed by atoms with Crippen molar-refractivity contribution in [3.05, 3.63) is 83.4 Å². The fourth-order valence-electron chi connectivity index (χ4n) is 2.92. The van der Waals surface area contributed by atoms with Gasteiger partial charge in [0, 0.05) is 23.5 Å². The summed E-state index contributed by atoms with van der Waals surface area (Å²) in [5.74, 6) is -0.265. The maximum Gasteiger partial charge on any atom is 0.335 e. The van der Waals surface area contributed by atoms with E-state index in [1.807, 2.05) is 43.3 Å². The second-order valence-corrected chi connectivity index (χ2v) is 6.89. The topological polar surface area (TPSA) is 96.9 Å². The second-order valence-electron chi connectivity index (χ2n) is 6.89. The molecule has 0 fully saturated rings. The third kappa shape index (κ3) is 5.99. The molecule has 7 heteroatoms. The molecule has 3 aromatic carbocycles. The normalized spacial score (nSPS) is 10.3. The van der Waals surface area contributed by atoms with Crippen molar-refractivity contribution in [2.45, 2.75) is 13.5 Å². The van der Waals surface area contributed by atoms with Crippen molar-refractivity contribution in [3.63, 3.8) is 0 Å². The number of nitrogens with one attached hydrogen (secondary N) is 2. The van der Waals surface area contributed by atoms with Gasteiger partial charge in [-0.3, -0.25) is 4.79 Å². The molecule has 0 aromatic heterocycles. The Morgan fingerprint density at radius 1 is 0.935 bits per heavy atom. The van der Waals surface area contributed by atoms with Crippen LogP contribution in [0.1, 0.15) is 21.5 Å². The molecule has 0 atom stereocenters. The van der Waals surface area contributed by atoms with Gasteiger partial charge in [0.1, 0.15) is 0 Å². The average molecular weight is 420 g/mol. The minimum Gasteiger partial charge on any atom is -0.493 e. The highest BCUT2D eigenvalue weighted by Gasteiger charge is 2.13. The highest BCUT2D eigenvalue weighted by atomic mass is 16.5. The molecule has 3 aromatic rings. The van der Waals surface area contributed by atoms with E-state index in [9.17, 15) is 9.59 Å². The van der Waals surface area contributed by atoms with Crippen LogP contribution in [0.25, 0.3) is 0 Å². The number of aromatic carboxylic acids is 1. The Bertz CT molecular complexity index is 1050. The zero-order chi connectivity index (χ0) is 22.2. The van der Waals surface area contributed by atoms with Crippen LogP contribution in [-0.4, -0.2) is 30.7 Å². The van der Waals surface area contributed by atoms with E-state index in [2.05, 4.69) is 10.6 Å². The molecule has 31 heavy (non-hydrogen) atoms. The molecule has 7 nitrogen and oxygen atoms in total. The minimum absolute atomic E-state index is 0.172. The summed E-state index contributed by atoms with van der Waals surface area (Å²) in [5, 5.41) is 15.0. The number of para-hydroxylation sites is 1. The van der Waals surface area contributed by atoms with Gasteiger partial charge in [-0.1, -0.05) is 29.8 Å². The summed E-state index contributed by atoms with van der Waals surface area (Å²) in [6.07, 6.45) is 0. The summed E-state index contributed by atoms with van der Waals surface area (Å²) in [6.45, 7) is 2.21. The molecule has 0 aliphatic rings. The van der Waals surface area contributed by atoms with Gasteiger partial charge in [0.2, 0.25) is 0 Å². The predicted octanol–water partition coefficient (Wildman–Crippen LogP) is 4.33. The molecule has 0 aliphatic heterocycles. The molecule has 0 spiro atoms. The molecule has 1 amide bonds. The quantitative estimate of drug-likeness (QED) is 0.477. The summed E-state index contributed by atoms with van der Waals surface area (Å²) < 4.78 is 11.2. The number of hydrogen-bond donors (Lipinski definition) is 3. The largest absolute Gasteiger partial charge is 0.493 e. The van der Waals surface area contributed by atoms with Crippen molar-refractivity contribution in [3.8, 4) is 11.5 Å². The van der Waals surface area contributed by atoms with Crippen LogP contribution in [0.4, 0.5) is 11.4 Å². The van der Waals surface area contributed by atoms with Gasteiger partial charge < -0.3 is 25.2 Å². The highest BCUT2D eigenvalue weighted by molar-refractivity contribution is 5.92. The number of hydrogen-bond acceptors (Lipinski definition) is 5. The van der Waals surface area contributed by atoms with Crippen molar-refractivity contribution < 1.29 is 24.2 Å². The van der Waals surface area contributed by atoms with E-state index in [0.717, 1.165) is 16.8 Å². The van der Waals surface area contributed by atoms with E-state index in [1.165, 1.54) is 19.2 Å². The first-order valence-corrected chi connectivity index (χ1v) is 9.68. The van der Waals surface area contributed by atoms with Gasteiger partial charge in [-0.2, -0.15) is 0 Å². The fourth-order valence-corrected chi connectivity index (χ4v) is 2.92. The number of anilines is 2. The van der Waals surface area contributed by atoms with Crippen LogP contribution >= 0.6 is 0 Å². The molecule has 0 radical (unpaired) electrons. The standard InChI is InChI=1S/C24H24N2O5/c1-16-6-10-20(11-7-16)26-22(27)15-31-23-18(4-3-5-21(23)30-2)14-25-19-12-8-17(9-13-19)24(28)29/h3-13,25H,14-15H2,1-2H3,(H,26,27)(H,28,29). The monoisotopic (exact) mass is 420 g/mol. The van der Waals surface area contributed by atoms with Crippen LogP contribution in [0.15, 0.2) is 66.7 Å². The number of carbonyl (C=O) groups excluding carboxylic acids is 1. The van der Waals surface area contributed by atoms with Gasteiger partial charge in [0.15, 0.2) is 18.1 Å². The van der Waals surface area contributed by atoms with E-state index in [-0.39, 0.29) is 18.1 Å². The molecular weight excluding hydrogens is 396 g/mol. The Kier molecular flexibility index (Phi) is 7.11. The molecule has 3 N–H and O–H groups in total. The van der Waals surface area contributed by atoms with Crippen molar-refractivity contribution in [1.82, 2.24) is 0 Å². The summed E-state index contributed by atoms with van der Waals surface area (Å²) in [5.41, 5.74) is 3.58. The molecule has 3 rings (SSSR count). The number of carboxylic acids is 1. The van der Waals surface area contributed by atoms with Gasteiger partial charge in [-0.05, 0) is 49.4 Å². The maximum atomic E-state index is 12.3. The van der Waals surface area contributed by atoms with Crippen molar-refractivity contribution >= 4 is 23.3 Å². The Hall–Kier alpha value is -4.00. The maximum absolute atomic E-state index is 12.3. The first kappa shape index (κ1) is 21.7. The van der Waals surface area contributed by atoms with Gasteiger partial charge in [-0.25, -0.2) is 4.79 Å². The van der Waals surface area contributed by atoms with Crippen LogP contribution in [0.3, 0.4) is 0 Å². The number of aryl methyl sites for hydroxylation is 1. The third-order valence-corrected chi connectivity index (χ3v) is 4.58. The highest BCUT2D eigenvalue weighted by Crippen LogP contribution is 2.31. The van der Waals surface area contributed by atoms with E-state index >= 15 is 0 Å². The van der Waals surface area contributed by atoms with Gasteiger partial charge >= 0.3 is 5.97 Å². The smallest absolute Gasteiger partial charge is 0.335 e. The number of carbonyl (C=O) groups is 2. The third-order valence-electron chi connectivity index (χ3n) is 4.58. The lowest BCUT2D eigenvalue weighted by Crippen LogP contribution is -2.21. The predicted molar refractivity (Wildman–Crippen MR) is 119 cm³/mol. The Morgan fingerprint density at radius 3 is 2.26 bits per heavy atom. The lowest BCUT2D eigenvalue weighted by Gasteiger charge is -2.16. The van der Waals surface area contributed by atoms with Crippen molar-refractivity contribution in [2.75, 3.05) is 24.4 Å². The van der Waals surface area contributed by atoms with Crippen molar-refractivity contribution in [1.29, 1.82) is 0 Å². The van der Waals surface area contributed by atoms with Crippen LogP contribution in [-0.2, 0) is 11.3 Å². The molecule has 0 heterocycles. The number of methoxy groups -OCH3 is 1. The van der Waals surface area contributed by atoms with Crippen LogP contribution in [0.2, 0.25) is 0 Å². The lowest BCUT2D eigenvalue weighted by atomic mass is 10.1. The Balaban J connectivity index is 1.66. The van der Waals surface area contributed by atoms with Gasteiger partial charge in [-0.15, -0.1) is 0 Å². The molecule has 0 unspecified atom stereocenters. The molecule has 0 bridgehead atoms. The number of benzene rings is 3. The minimum atomic E-state index is -0.973. The fraction of sp³-hybridized carbons (Fsp3) is 0.167. The second kappa shape index (κ2) is 10.2. The zero-order valence-electron chi connectivity index (χ0n) is 17.3. The average Bonchev–Trinajstić information content (AvgIpc) is 2.78. The molecule has 0 saturated heterocycles. The number of carboxylic acid groups (broad SMARTS) is 1. The molecule has 0 aliphatic carbocycles. The number of rotatable bonds is 9. The molecule has 0 saturated carbocycles.